The van der Waals surface area contributed by atoms with Crippen molar-refractivity contribution >= 4 is 85.5 Å². The molecule has 0 atom stereocenters. The molecule has 0 bridgehead atoms. The van der Waals surface area contributed by atoms with Crippen LogP contribution in [0.15, 0.2) is 138 Å². The first-order chi connectivity index (χ1) is 37.9. The number of benzene rings is 7. The lowest BCUT2D eigenvalue weighted by molar-refractivity contribution is 0.332. The third kappa shape index (κ3) is 8.41. The standard InChI is InChI=1S/C76H88BN3O/c1-69(2,3)47-24-28-50(29-25-47)78(49-22-20-19-21-23-49)53-41-63-66-64(42-53)80(51-30-26-48(27-31-51)70(4,5)6)67-54-43-57-60(76(17,18)39-36-73(57,11)12)46-65(54)81-68(67)77(66)61-44-58-59(75(15,16)38-37-74(58,13)14)45-62(61)79(63)52-32-33-55-56(40-52)72(9,10)35-34-71(55,7)8/h19-33,40-46H,34-39H2,1-18H3. The van der Waals surface area contributed by atoms with Gasteiger partial charge in [-0.2, -0.15) is 0 Å². The van der Waals surface area contributed by atoms with Gasteiger partial charge in [0.2, 0.25) is 0 Å². The van der Waals surface area contributed by atoms with Crippen LogP contribution in [0.25, 0.3) is 11.0 Å². The Bertz CT molecular complexity index is 3850. The maximum Gasteiger partial charge on any atom is 0.297 e. The molecule has 0 radical (unpaired) electrons. The van der Waals surface area contributed by atoms with E-state index >= 15 is 0 Å². The fourth-order valence-electron chi connectivity index (χ4n) is 15.2. The summed E-state index contributed by atoms with van der Waals surface area (Å²) in [4.78, 5) is 7.83. The van der Waals surface area contributed by atoms with E-state index in [1.807, 2.05) is 0 Å². The van der Waals surface area contributed by atoms with Crippen molar-refractivity contribution in [2.75, 3.05) is 14.7 Å². The Kier molecular flexibility index (Phi) is 11.7. The first-order valence-corrected chi connectivity index (χ1v) is 30.7. The number of rotatable bonds is 5. The normalized spacial score (nSPS) is 19.5. The highest BCUT2D eigenvalue weighted by molar-refractivity contribution is 7.00. The number of hydrogen-bond donors (Lipinski definition) is 0. The van der Waals surface area contributed by atoms with Crippen LogP contribution >= 0.6 is 0 Å². The average molecular weight is 1070 g/mol. The first-order valence-electron chi connectivity index (χ1n) is 30.7. The largest absolute Gasteiger partial charge is 0.468 e. The maximum atomic E-state index is 7.84. The van der Waals surface area contributed by atoms with Crippen molar-refractivity contribution in [1.82, 2.24) is 0 Å². The van der Waals surface area contributed by atoms with E-state index in [1.165, 1.54) is 90.0 Å². The molecule has 416 valence electrons. The average Bonchev–Trinajstić information content (AvgIpc) is 2.05. The molecule has 81 heavy (non-hydrogen) atoms. The number of furan rings is 1. The van der Waals surface area contributed by atoms with E-state index in [0.717, 1.165) is 71.8 Å². The summed E-state index contributed by atoms with van der Waals surface area (Å²) in [6.45, 7) is 43.3. The fraction of sp³-hybridized carbons (Fsp3) is 0.421. The second kappa shape index (κ2) is 17.5. The molecule has 0 saturated carbocycles. The van der Waals surface area contributed by atoms with E-state index < -0.39 is 0 Å². The van der Waals surface area contributed by atoms with E-state index in [2.05, 4.69) is 273 Å². The van der Waals surface area contributed by atoms with Gasteiger partial charge in [-0.05, 0) is 216 Å². The molecular weight excluding hydrogens is 982 g/mol. The Morgan fingerprint density at radius 1 is 0.407 bits per heavy atom. The molecule has 0 saturated heterocycles. The van der Waals surface area contributed by atoms with Crippen LogP contribution in [0.3, 0.4) is 0 Å². The van der Waals surface area contributed by atoms with E-state index in [0.29, 0.717) is 0 Å². The van der Waals surface area contributed by atoms with Crippen LogP contribution in [0.4, 0.5) is 51.2 Å². The van der Waals surface area contributed by atoms with E-state index in [9.17, 15) is 0 Å². The van der Waals surface area contributed by atoms with Crippen LogP contribution in [0, 0.1) is 0 Å². The van der Waals surface area contributed by atoms with Crippen LogP contribution < -0.4 is 31.3 Å². The van der Waals surface area contributed by atoms with Gasteiger partial charge in [-0.3, -0.25) is 0 Å². The number of para-hydroxylation sites is 1. The summed E-state index contributed by atoms with van der Waals surface area (Å²) in [5.41, 5.74) is 26.5. The molecule has 2 aliphatic heterocycles. The molecule has 13 rings (SSSR count). The zero-order valence-electron chi connectivity index (χ0n) is 52.3. The Hall–Kier alpha value is -6.46. The molecule has 0 spiro atoms. The smallest absolute Gasteiger partial charge is 0.297 e. The molecule has 0 fully saturated rings. The summed E-state index contributed by atoms with van der Waals surface area (Å²) in [5.74, 6) is 0. The summed E-state index contributed by atoms with van der Waals surface area (Å²) in [7, 11) is 0. The van der Waals surface area contributed by atoms with Crippen LogP contribution in [-0.2, 0) is 43.3 Å². The SMILES string of the molecule is CC(C)(C)c1ccc(N(c2ccccc2)c2cc3c4c(c2)N(c2ccc(C(C)(C)C)cc2)c2c(oc5cc6c(cc25)C(C)(C)CCC6(C)C)B4c2cc4c(cc2N3c2ccc3c(c2)C(C)(C)CCC3(C)C)C(C)(C)CCC4(C)C)cc1. The number of hydrogen-bond acceptors (Lipinski definition) is 4. The quantitative estimate of drug-likeness (QED) is 0.160. The minimum Gasteiger partial charge on any atom is -0.468 e. The van der Waals surface area contributed by atoms with Gasteiger partial charge >= 0.3 is 0 Å². The number of nitrogens with zero attached hydrogens (tertiary/aromatic N) is 3. The van der Waals surface area contributed by atoms with Crippen molar-refractivity contribution in [3.63, 3.8) is 0 Å². The molecule has 8 aromatic rings. The Morgan fingerprint density at radius 3 is 1.40 bits per heavy atom. The lowest BCUT2D eigenvalue weighted by Crippen LogP contribution is -2.61. The van der Waals surface area contributed by atoms with E-state index in [4.69, 9.17) is 4.42 Å². The fourth-order valence-corrected chi connectivity index (χ4v) is 15.2. The molecule has 0 N–H and O–H groups in total. The summed E-state index contributed by atoms with van der Waals surface area (Å²) >= 11 is 0. The van der Waals surface area contributed by atoms with Crippen LogP contribution in [0.2, 0.25) is 0 Å². The van der Waals surface area contributed by atoms with E-state index in [1.54, 1.807) is 0 Å². The van der Waals surface area contributed by atoms with Crippen LogP contribution in [0.5, 0.6) is 0 Å². The van der Waals surface area contributed by atoms with Crippen molar-refractivity contribution in [2.24, 2.45) is 0 Å². The van der Waals surface area contributed by atoms with Crippen LogP contribution in [0.1, 0.15) is 208 Å². The zero-order valence-corrected chi connectivity index (χ0v) is 52.3. The zero-order chi connectivity index (χ0) is 57.5. The first kappa shape index (κ1) is 53.8. The molecule has 5 heteroatoms. The van der Waals surface area contributed by atoms with Gasteiger partial charge in [0.25, 0.3) is 6.71 Å². The number of anilines is 9. The summed E-state index contributed by atoms with van der Waals surface area (Å²) in [6, 6.07) is 52.9. The van der Waals surface area contributed by atoms with E-state index in [-0.39, 0.29) is 50.0 Å². The van der Waals surface area contributed by atoms with Gasteiger partial charge in [0.05, 0.1) is 17.0 Å². The topological polar surface area (TPSA) is 22.9 Å². The number of fused-ring (bicyclic) bond motifs is 9. The highest BCUT2D eigenvalue weighted by Gasteiger charge is 2.51. The Labute approximate surface area is 486 Å². The second-order valence-corrected chi connectivity index (χ2v) is 31.5. The minimum absolute atomic E-state index is 0.00205. The predicted molar refractivity (Wildman–Crippen MR) is 348 cm³/mol. The minimum atomic E-state index is -0.198. The monoisotopic (exact) mass is 1070 g/mol. The van der Waals surface area contributed by atoms with Crippen molar-refractivity contribution in [1.29, 1.82) is 0 Å². The molecule has 5 aliphatic rings. The molecule has 7 aromatic carbocycles. The van der Waals surface area contributed by atoms with Gasteiger partial charge in [-0.25, -0.2) is 0 Å². The molecule has 1 aromatic heterocycles. The summed E-state index contributed by atoms with van der Waals surface area (Å²) in [6.07, 6.45) is 6.86. The molecule has 3 aliphatic carbocycles. The Balaban J connectivity index is 1.20. The van der Waals surface area contributed by atoms with Crippen molar-refractivity contribution in [3.8, 4) is 0 Å². The predicted octanol–water partition coefficient (Wildman–Crippen LogP) is 19.6. The highest BCUT2D eigenvalue weighted by atomic mass is 16.3. The van der Waals surface area contributed by atoms with Gasteiger partial charge in [0.15, 0.2) is 0 Å². The van der Waals surface area contributed by atoms with Gasteiger partial charge in [-0.15, -0.1) is 0 Å². The third-order valence-corrected chi connectivity index (χ3v) is 20.9. The van der Waals surface area contributed by atoms with Gasteiger partial charge in [0.1, 0.15) is 5.58 Å². The molecular formula is C76H88BN3O. The Morgan fingerprint density at radius 2 is 0.852 bits per heavy atom. The molecule has 0 amide bonds. The lowest BCUT2D eigenvalue weighted by Gasteiger charge is -2.47. The van der Waals surface area contributed by atoms with Crippen LogP contribution in [-0.4, -0.2) is 6.71 Å². The summed E-state index contributed by atoms with van der Waals surface area (Å²) < 4.78 is 7.84. The van der Waals surface area contributed by atoms with Gasteiger partial charge in [-0.1, -0.05) is 179 Å². The van der Waals surface area contributed by atoms with Gasteiger partial charge in [0, 0.05) is 45.2 Å². The summed E-state index contributed by atoms with van der Waals surface area (Å²) in [5, 5.41) is 1.19. The molecule has 4 nitrogen and oxygen atoms in total. The van der Waals surface area contributed by atoms with Gasteiger partial charge < -0.3 is 19.1 Å². The van der Waals surface area contributed by atoms with Crippen molar-refractivity contribution in [3.05, 3.63) is 178 Å². The molecule has 0 unspecified atom stereocenters. The lowest BCUT2D eigenvalue weighted by atomic mass is 9.35. The maximum absolute atomic E-state index is 7.84. The molecule has 3 heterocycles. The second-order valence-electron chi connectivity index (χ2n) is 31.5. The highest BCUT2D eigenvalue weighted by Crippen LogP contribution is 2.56. The van der Waals surface area contributed by atoms with Crippen molar-refractivity contribution < 1.29 is 4.42 Å². The third-order valence-electron chi connectivity index (χ3n) is 20.9. The van der Waals surface area contributed by atoms with Crippen molar-refractivity contribution in [2.45, 2.75) is 206 Å².